The van der Waals surface area contributed by atoms with Crippen LogP contribution in [0.4, 0.5) is 4.39 Å². The molecule has 2 rings (SSSR count). The van der Waals surface area contributed by atoms with Gasteiger partial charge in [-0.2, -0.15) is 0 Å². The molecular weight excluding hydrogens is 154 g/mol. The maximum atomic E-state index is 13.4. The number of hydrogen-bond donors (Lipinski definition) is 0. The lowest BCUT2D eigenvalue weighted by Crippen LogP contribution is -2.36. The van der Waals surface area contributed by atoms with Crippen LogP contribution in [0, 0.1) is 11.8 Å². The first-order valence-electron chi connectivity index (χ1n) is 4.68. The molecule has 66 valence electrons. The Bertz CT molecular complexity index is 185. The fourth-order valence-corrected chi connectivity index (χ4v) is 2.86. The molecule has 1 heterocycles. The van der Waals surface area contributed by atoms with Crippen molar-refractivity contribution < 1.29 is 9.13 Å². The third-order valence-electron chi connectivity index (χ3n) is 3.71. The molecule has 2 bridgehead atoms. The molecule has 1 unspecified atom stereocenters. The molecule has 0 N–H and O–H groups in total. The Morgan fingerprint density at radius 2 is 2.33 bits per heavy atom. The zero-order chi connectivity index (χ0) is 8.93. The number of hydrogen-bond acceptors (Lipinski definition) is 1. The molecule has 1 nitrogen and oxygen atoms in total. The highest BCUT2D eigenvalue weighted by molar-refractivity contribution is 6.11. The van der Waals surface area contributed by atoms with Crippen LogP contribution in [0.5, 0.6) is 0 Å². The quantitative estimate of drug-likeness (QED) is 0.541. The topological polar surface area (TPSA) is 9.23 Å². The molecule has 2 radical (unpaired) electrons. The summed E-state index contributed by atoms with van der Waals surface area (Å²) in [5.74, 6) is 0.220. The molecule has 2 aliphatic rings. The summed E-state index contributed by atoms with van der Waals surface area (Å²) in [4.78, 5) is 0. The predicted molar refractivity (Wildman–Crippen MR) is 45.8 cm³/mol. The summed E-state index contributed by atoms with van der Waals surface area (Å²) in [5, 5.41) is 0. The molecule has 12 heavy (non-hydrogen) atoms. The van der Waals surface area contributed by atoms with Gasteiger partial charge < -0.3 is 4.74 Å². The van der Waals surface area contributed by atoms with Crippen LogP contribution in [0.25, 0.3) is 0 Å². The van der Waals surface area contributed by atoms with Crippen LogP contribution in [0.3, 0.4) is 0 Å². The highest BCUT2D eigenvalue weighted by Gasteiger charge is 2.59. The van der Waals surface area contributed by atoms with Crippen LogP contribution in [0.15, 0.2) is 0 Å². The SMILES string of the molecule is [B][C@@H]1O[C@@]2(CC)C[C@H](F)[C@H]1C2C. The zero-order valence-electron chi connectivity index (χ0n) is 7.59. The molecule has 0 aromatic rings. The highest BCUT2D eigenvalue weighted by atomic mass is 19.1. The lowest BCUT2D eigenvalue weighted by molar-refractivity contribution is -0.0671. The first-order chi connectivity index (χ1) is 5.60. The standard InChI is InChI=1S/C9H14BFO/c1-3-9-4-6(11)7(5(9)2)8(10)12-9/h5-8H,3-4H2,1-2H3/t5?,6-,7+,8+,9-/m0/s1. The molecule has 5 atom stereocenters. The average Bonchev–Trinajstić information content (AvgIpc) is 2.37. The summed E-state index contributed by atoms with van der Waals surface area (Å²) >= 11 is 0. The first-order valence-corrected chi connectivity index (χ1v) is 4.68. The van der Waals surface area contributed by atoms with Gasteiger partial charge in [-0.25, -0.2) is 4.39 Å². The third kappa shape index (κ3) is 0.833. The van der Waals surface area contributed by atoms with Gasteiger partial charge in [-0.1, -0.05) is 13.8 Å². The number of rotatable bonds is 1. The van der Waals surface area contributed by atoms with Gasteiger partial charge in [0, 0.05) is 18.3 Å². The fourth-order valence-electron chi connectivity index (χ4n) is 2.86. The molecule has 0 spiro atoms. The Balaban J connectivity index is 2.28. The van der Waals surface area contributed by atoms with Crippen molar-refractivity contribution >= 4 is 7.85 Å². The molecule has 0 amide bonds. The minimum Gasteiger partial charge on any atom is -0.381 e. The van der Waals surface area contributed by atoms with Gasteiger partial charge in [0.25, 0.3) is 0 Å². The minimum absolute atomic E-state index is 0.0649. The van der Waals surface area contributed by atoms with Crippen molar-refractivity contribution in [3.05, 3.63) is 0 Å². The van der Waals surface area contributed by atoms with E-state index in [0.29, 0.717) is 6.42 Å². The molecule has 2 fully saturated rings. The summed E-state index contributed by atoms with van der Waals surface area (Å²) in [6.07, 6.45) is 0.672. The Morgan fingerprint density at radius 3 is 2.67 bits per heavy atom. The van der Waals surface area contributed by atoms with E-state index in [0.717, 1.165) is 6.42 Å². The van der Waals surface area contributed by atoms with Gasteiger partial charge in [0.2, 0.25) is 0 Å². The number of ether oxygens (including phenoxy) is 1. The average molecular weight is 168 g/mol. The minimum atomic E-state index is -0.747. The van der Waals surface area contributed by atoms with Gasteiger partial charge in [-0.05, 0) is 12.3 Å². The zero-order valence-corrected chi connectivity index (χ0v) is 7.59. The van der Waals surface area contributed by atoms with Gasteiger partial charge in [-0.15, -0.1) is 0 Å². The summed E-state index contributed by atoms with van der Waals surface area (Å²) < 4.78 is 19.0. The van der Waals surface area contributed by atoms with Crippen molar-refractivity contribution in [2.24, 2.45) is 11.8 Å². The van der Waals surface area contributed by atoms with E-state index in [2.05, 4.69) is 6.92 Å². The van der Waals surface area contributed by atoms with Gasteiger partial charge in [0.1, 0.15) is 14.0 Å². The smallest absolute Gasteiger partial charge is 0.109 e. The second kappa shape index (κ2) is 2.47. The number of fused-ring (bicyclic) bond motifs is 2. The molecule has 1 aliphatic heterocycles. The van der Waals surface area contributed by atoms with Crippen molar-refractivity contribution in [1.82, 2.24) is 0 Å². The molecular formula is C9H14BFO. The number of halogens is 1. The lowest BCUT2D eigenvalue weighted by atomic mass is 9.81. The van der Waals surface area contributed by atoms with E-state index in [9.17, 15) is 4.39 Å². The van der Waals surface area contributed by atoms with E-state index in [1.807, 2.05) is 6.92 Å². The molecule has 0 aromatic heterocycles. The highest BCUT2D eigenvalue weighted by Crippen LogP contribution is 2.54. The maximum Gasteiger partial charge on any atom is 0.109 e. The van der Waals surface area contributed by atoms with E-state index >= 15 is 0 Å². The molecule has 1 saturated heterocycles. The van der Waals surface area contributed by atoms with E-state index in [4.69, 9.17) is 12.6 Å². The third-order valence-corrected chi connectivity index (χ3v) is 3.71. The Kier molecular flexibility index (Phi) is 1.76. The van der Waals surface area contributed by atoms with Gasteiger partial charge in [-0.3, -0.25) is 0 Å². The molecule has 1 aliphatic carbocycles. The monoisotopic (exact) mass is 168 g/mol. The lowest BCUT2D eigenvalue weighted by Gasteiger charge is -2.31. The van der Waals surface area contributed by atoms with Crippen LogP contribution in [-0.4, -0.2) is 25.6 Å². The van der Waals surface area contributed by atoms with Crippen molar-refractivity contribution in [3.8, 4) is 0 Å². The molecule has 1 saturated carbocycles. The predicted octanol–water partition coefficient (Wildman–Crippen LogP) is 1.65. The molecule has 0 aromatic carbocycles. The van der Waals surface area contributed by atoms with E-state index in [-0.39, 0.29) is 23.4 Å². The summed E-state index contributed by atoms with van der Waals surface area (Å²) in [6.45, 7) is 4.10. The van der Waals surface area contributed by atoms with Gasteiger partial charge >= 0.3 is 0 Å². The van der Waals surface area contributed by atoms with Gasteiger partial charge in [0.15, 0.2) is 0 Å². The normalized spacial score (nSPS) is 57.9. The van der Waals surface area contributed by atoms with E-state index < -0.39 is 6.17 Å². The summed E-state index contributed by atoms with van der Waals surface area (Å²) in [5.41, 5.74) is -0.247. The van der Waals surface area contributed by atoms with Crippen molar-refractivity contribution in [2.75, 3.05) is 0 Å². The second-order valence-electron chi connectivity index (χ2n) is 4.09. The van der Waals surface area contributed by atoms with E-state index in [1.165, 1.54) is 0 Å². The maximum absolute atomic E-state index is 13.4. The largest absolute Gasteiger partial charge is 0.381 e. The van der Waals surface area contributed by atoms with Crippen molar-refractivity contribution in [1.29, 1.82) is 0 Å². The summed E-state index contributed by atoms with van der Waals surface area (Å²) in [7, 11) is 5.70. The molecule has 3 heteroatoms. The Morgan fingerprint density at radius 1 is 1.67 bits per heavy atom. The Labute approximate surface area is 74.1 Å². The van der Waals surface area contributed by atoms with Crippen LogP contribution >= 0.6 is 0 Å². The van der Waals surface area contributed by atoms with Crippen molar-refractivity contribution in [3.63, 3.8) is 0 Å². The van der Waals surface area contributed by atoms with Crippen LogP contribution in [-0.2, 0) is 4.74 Å². The second-order valence-corrected chi connectivity index (χ2v) is 4.09. The van der Waals surface area contributed by atoms with Crippen LogP contribution < -0.4 is 0 Å². The van der Waals surface area contributed by atoms with Crippen LogP contribution in [0.2, 0.25) is 0 Å². The summed E-state index contributed by atoms with van der Waals surface area (Å²) in [6, 6.07) is -0.372. The van der Waals surface area contributed by atoms with Crippen LogP contribution in [0.1, 0.15) is 26.7 Å². The van der Waals surface area contributed by atoms with Crippen molar-refractivity contribution in [2.45, 2.75) is 44.5 Å². The fraction of sp³-hybridized carbons (Fsp3) is 1.00. The Hall–Kier alpha value is -0.0451. The van der Waals surface area contributed by atoms with Gasteiger partial charge in [0.05, 0.1) is 5.60 Å². The number of alkyl halides is 1. The first kappa shape index (κ1) is 8.55. The van der Waals surface area contributed by atoms with E-state index in [1.54, 1.807) is 0 Å².